The normalized spacial score (nSPS) is 11.5. The van der Waals surface area contributed by atoms with Gasteiger partial charge in [-0.1, -0.05) is 42.5 Å². The highest BCUT2D eigenvalue weighted by Gasteiger charge is 2.19. The number of rotatable bonds is 4. The summed E-state index contributed by atoms with van der Waals surface area (Å²) in [6, 6.07) is 17.9. The van der Waals surface area contributed by atoms with E-state index in [0.717, 1.165) is 11.1 Å². The summed E-state index contributed by atoms with van der Waals surface area (Å²) < 4.78 is 0. The molecule has 0 aliphatic carbocycles. The molecule has 0 aliphatic rings. The third kappa shape index (κ3) is 3.68. The van der Waals surface area contributed by atoms with Gasteiger partial charge in [0, 0.05) is 13.6 Å². The van der Waals surface area contributed by atoms with Crippen LogP contribution in [0.3, 0.4) is 0 Å². The van der Waals surface area contributed by atoms with E-state index in [4.69, 9.17) is 11.0 Å². The van der Waals surface area contributed by atoms with E-state index >= 15 is 0 Å². The lowest BCUT2D eigenvalue weighted by atomic mass is 10.1. The van der Waals surface area contributed by atoms with E-state index in [-0.39, 0.29) is 5.91 Å². The minimum absolute atomic E-state index is 0.134. The van der Waals surface area contributed by atoms with E-state index in [1.165, 1.54) is 0 Å². The van der Waals surface area contributed by atoms with Crippen molar-refractivity contribution in [2.24, 2.45) is 5.73 Å². The van der Waals surface area contributed by atoms with Crippen LogP contribution in [0.5, 0.6) is 0 Å². The fourth-order valence-electron chi connectivity index (χ4n) is 2.08. The molecule has 2 aromatic rings. The molecule has 2 N–H and O–H groups in total. The number of nitrogens with zero attached hydrogens (tertiary/aromatic N) is 2. The van der Waals surface area contributed by atoms with Gasteiger partial charge in [-0.15, -0.1) is 0 Å². The largest absolute Gasteiger partial charge is 0.340 e. The Hall–Kier alpha value is -2.64. The van der Waals surface area contributed by atoms with Gasteiger partial charge >= 0.3 is 0 Å². The highest BCUT2D eigenvalue weighted by Crippen LogP contribution is 2.14. The number of hydrogen-bond acceptors (Lipinski definition) is 3. The average Bonchev–Trinajstić information content (AvgIpc) is 2.55. The van der Waals surface area contributed by atoms with Gasteiger partial charge in [-0.3, -0.25) is 4.79 Å². The Bertz CT molecular complexity index is 644. The van der Waals surface area contributed by atoms with Gasteiger partial charge in [0.2, 0.25) is 5.91 Å². The van der Waals surface area contributed by atoms with Crippen molar-refractivity contribution in [3.63, 3.8) is 0 Å². The zero-order valence-electron chi connectivity index (χ0n) is 11.9. The SMILES string of the molecule is CN(Cc1ccc(C#N)cc1)C(=O)[C@@H](N)c1ccccc1. The van der Waals surface area contributed by atoms with Gasteiger partial charge in [-0.2, -0.15) is 5.26 Å². The van der Waals surface area contributed by atoms with Crippen LogP contribution >= 0.6 is 0 Å². The maximum atomic E-state index is 12.3. The van der Waals surface area contributed by atoms with Gasteiger partial charge in [0.05, 0.1) is 11.6 Å². The van der Waals surface area contributed by atoms with Crippen molar-refractivity contribution in [3.8, 4) is 6.07 Å². The van der Waals surface area contributed by atoms with Gasteiger partial charge < -0.3 is 10.6 Å². The van der Waals surface area contributed by atoms with Gasteiger partial charge in [-0.25, -0.2) is 0 Å². The van der Waals surface area contributed by atoms with Crippen molar-refractivity contribution >= 4 is 5.91 Å². The summed E-state index contributed by atoms with van der Waals surface area (Å²) >= 11 is 0. The number of amides is 1. The molecular formula is C17H17N3O. The molecule has 0 heterocycles. The molecule has 21 heavy (non-hydrogen) atoms. The summed E-state index contributed by atoms with van der Waals surface area (Å²) in [5.41, 5.74) is 8.37. The van der Waals surface area contributed by atoms with Crippen molar-refractivity contribution < 1.29 is 4.79 Å². The summed E-state index contributed by atoms with van der Waals surface area (Å²) in [6.07, 6.45) is 0. The van der Waals surface area contributed by atoms with Crippen molar-refractivity contribution in [2.75, 3.05) is 7.05 Å². The molecule has 1 amide bonds. The fraction of sp³-hybridized carbons (Fsp3) is 0.176. The lowest BCUT2D eigenvalue weighted by Crippen LogP contribution is -2.35. The Kier molecular flexibility index (Phi) is 4.70. The van der Waals surface area contributed by atoms with Crippen LogP contribution in [-0.4, -0.2) is 17.9 Å². The topological polar surface area (TPSA) is 70.1 Å². The molecule has 0 spiro atoms. The molecule has 0 aromatic heterocycles. The number of nitrogens with two attached hydrogens (primary N) is 1. The summed E-state index contributed by atoms with van der Waals surface area (Å²) in [6.45, 7) is 0.463. The van der Waals surface area contributed by atoms with Crippen LogP contribution in [0, 0.1) is 11.3 Å². The number of carbonyl (C=O) groups excluding carboxylic acids is 1. The summed E-state index contributed by atoms with van der Waals surface area (Å²) in [4.78, 5) is 13.9. The lowest BCUT2D eigenvalue weighted by Gasteiger charge is -2.21. The zero-order valence-corrected chi connectivity index (χ0v) is 11.9. The summed E-state index contributed by atoms with van der Waals surface area (Å²) in [5.74, 6) is -0.134. The van der Waals surface area contributed by atoms with Crippen LogP contribution in [-0.2, 0) is 11.3 Å². The predicted octanol–water partition coefficient (Wildman–Crippen LogP) is 2.22. The molecule has 0 radical (unpaired) electrons. The van der Waals surface area contributed by atoms with Gasteiger partial charge in [0.15, 0.2) is 0 Å². The average molecular weight is 279 g/mol. The Morgan fingerprint density at radius 2 is 1.81 bits per heavy atom. The van der Waals surface area contributed by atoms with E-state index in [1.807, 2.05) is 42.5 Å². The molecular weight excluding hydrogens is 262 g/mol. The molecule has 106 valence electrons. The Labute approximate surface area is 124 Å². The van der Waals surface area contributed by atoms with E-state index in [9.17, 15) is 4.79 Å². The fourth-order valence-corrected chi connectivity index (χ4v) is 2.08. The standard InChI is InChI=1S/C17H17N3O/c1-20(12-14-9-7-13(11-18)8-10-14)17(21)16(19)15-5-3-2-4-6-15/h2-10,16H,12,19H2,1H3/t16-/m0/s1. The van der Waals surface area contributed by atoms with Crippen LogP contribution in [0.4, 0.5) is 0 Å². The van der Waals surface area contributed by atoms with Crippen LogP contribution in [0.15, 0.2) is 54.6 Å². The monoisotopic (exact) mass is 279 g/mol. The Morgan fingerprint density at radius 3 is 2.38 bits per heavy atom. The quantitative estimate of drug-likeness (QED) is 0.932. The number of likely N-dealkylation sites (N-methyl/N-ethyl adjacent to an activating group) is 1. The maximum Gasteiger partial charge on any atom is 0.244 e. The van der Waals surface area contributed by atoms with Crippen molar-refractivity contribution in [3.05, 3.63) is 71.3 Å². The number of carbonyl (C=O) groups is 1. The molecule has 4 heteroatoms. The molecule has 0 saturated carbocycles. The third-order valence-corrected chi connectivity index (χ3v) is 3.30. The molecule has 0 fully saturated rings. The smallest absolute Gasteiger partial charge is 0.244 e. The van der Waals surface area contributed by atoms with Crippen molar-refractivity contribution in [1.29, 1.82) is 5.26 Å². The van der Waals surface area contributed by atoms with E-state index in [0.29, 0.717) is 12.1 Å². The first kappa shape index (κ1) is 14.8. The second-order valence-electron chi connectivity index (χ2n) is 4.89. The Morgan fingerprint density at radius 1 is 1.19 bits per heavy atom. The Balaban J connectivity index is 2.03. The molecule has 0 unspecified atom stereocenters. The highest BCUT2D eigenvalue weighted by molar-refractivity contribution is 5.82. The highest BCUT2D eigenvalue weighted by atomic mass is 16.2. The van der Waals surface area contributed by atoms with Gasteiger partial charge in [0.1, 0.15) is 6.04 Å². The van der Waals surface area contributed by atoms with E-state index < -0.39 is 6.04 Å². The first-order valence-electron chi connectivity index (χ1n) is 6.66. The van der Waals surface area contributed by atoms with Crippen LogP contribution in [0.25, 0.3) is 0 Å². The third-order valence-electron chi connectivity index (χ3n) is 3.30. The number of nitriles is 1. The summed E-state index contributed by atoms with van der Waals surface area (Å²) in [7, 11) is 1.73. The first-order valence-corrected chi connectivity index (χ1v) is 6.66. The predicted molar refractivity (Wildman–Crippen MR) is 81.0 cm³/mol. The van der Waals surface area contributed by atoms with Gasteiger partial charge in [0.25, 0.3) is 0 Å². The molecule has 2 rings (SSSR count). The van der Waals surface area contributed by atoms with Crippen molar-refractivity contribution in [2.45, 2.75) is 12.6 Å². The first-order chi connectivity index (χ1) is 10.1. The second-order valence-corrected chi connectivity index (χ2v) is 4.89. The number of hydrogen-bond donors (Lipinski definition) is 1. The van der Waals surface area contributed by atoms with Crippen LogP contribution in [0.2, 0.25) is 0 Å². The lowest BCUT2D eigenvalue weighted by molar-refractivity contribution is -0.131. The second kappa shape index (κ2) is 6.69. The minimum Gasteiger partial charge on any atom is -0.340 e. The van der Waals surface area contributed by atoms with Crippen LogP contribution in [0.1, 0.15) is 22.7 Å². The molecule has 1 atom stereocenters. The maximum absolute atomic E-state index is 12.3. The molecule has 0 bridgehead atoms. The van der Waals surface area contributed by atoms with Gasteiger partial charge in [-0.05, 0) is 23.3 Å². The summed E-state index contributed by atoms with van der Waals surface area (Å²) in [5, 5.41) is 8.77. The molecule has 0 aliphatic heterocycles. The van der Waals surface area contributed by atoms with Crippen LogP contribution < -0.4 is 5.73 Å². The van der Waals surface area contributed by atoms with E-state index in [2.05, 4.69) is 6.07 Å². The van der Waals surface area contributed by atoms with E-state index in [1.54, 1.807) is 24.1 Å². The molecule has 0 saturated heterocycles. The zero-order chi connectivity index (χ0) is 15.2. The molecule has 2 aromatic carbocycles. The van der Waals surface area contributed by atoms with Crippen molar-refractivity contribution in [1.82, 2.24) is 4.90 Å². The molecule has 4 nitrogen and oxygen atoms in total. The minimum atomic E-state index is -0.658. The number of benzene rings is 2.